The van der Waals surface area contributed by atoms with Crippen LogP contribution in [0.15, 0.2) is 85.1 Å². The summed E-state index contributed by atoms with van der Waals surface area (Å²) in [6.07, 6.45) is 66.8. The summed E-state index contributed by atoms with van der Waals surface area (Å²) in [6, 6.07) is -0.887. The predicted octanol–water partition coefficient (Wildman–Crippen LogP) is 16.1. The number of allylic oxidation sites excluding steroid dienone is 13. The van der Waals surface area contributed by atoms with Gasteiger partial charge in [-0.05, 0) is 77.0 Å². The van der Waals surface area contributed by atoms with E-state index >= 15 is 0 Å². The molecule has 1 amide bonds. The summed E-state index contributed by atoms with van der Waals surface area (Å²) >= 11 is 0. The van der Waals surface area contributed by atoms with Crippen molar-refractivity contribution in [1.82, 2.24) is 5.32 Å². The zero-order valence-electron chi connectivity index (χ0n) is 43.4. The molecule has 0 saturated heterocycles. The predicted molar refractivity (Wildman–Crippen MR) is 286 cm³/mol. The largest absolute Gasteiger partial charge is 0.472 e. The smallest absolute Gasteiger partial charge is 0.387 e. The Hall–Kier alpha value is -2.32. The lowest BCUT2D eigenvalue weighted by Crippen LogP contribution is -2.45. The van der Waals surface area contributed by atoms with Crippen molar-refractivity contribution in [3.8, 4) is 0 Å². The maximum atomic E-state index is 12.9. The molecule has 3 N–H and O–H groups in total. The van der Waals surface area contributed by atoms with Gasteiger partial charge in [0.15, 0.2) is 0 Å². The van der Waals surface area contributed by atoms with E-state index < -0.39 is 20.0 Å². The molecule has 3 unspecified atom stereocenters. The number of phosphoric ester groups is 1. The molecule has 0 radical (unpaired) electrons. The van der Waals surface area contributed by atoms with Crippen LogP contribution in [0.3, 0.4) is 0 Å². The Morgan fingerprint density at radius 1 is 0.530 bits per heavy atom. The highest BCUT2D eigenvalue weighted by molar-refractivity contribution is 7.47. The number of quaternary nitrogens is 1. The molecule has 0 heterocycles. The second-order valence-corrected chi connectivity index (χ2v) is 20.7. The van der Waals surface area contributed by atoms with E-state index in [1.54, 1.807) is 6.08 Å². The standard InChI is InChI=1S/C57H103N2O6P/c1-6-8-10-12-14-16-18-20-22-24-26-27-28-29-30-31-33-34-36-38-40-42-44-46-48-50-56(60)55(54-65-66(62,63)64-53-52-59(3,4)5)58-57(61)51-49-47-45-43-41-39-37-35-32-25-23-21-19-17-15-13-11-9-7-2/h9,11,15,17,21,23,32,35,39-42,48,50,55-56,60H,6-8,10,12-14,16,18-20,22,24-31,33-34,36-38,43-47,49,51-54H2,1-5H3,(H-,58,61,62,63)/p+1/b11-9-,17-15-,23-21-,35-32-,41-39-,42-40+,50-48+. The number of carbonyl (C=O) groups excluding carboxylic acids is 1. The Morgan fingerprint density at radius 2 is 0.924 bits per heavy atom. The highest BCUT2D eigenvalue weighted by Gasteiger charge is 2.27. The molecule has 0 saturated carbocycles. The van der Waals surface area contributed by atoms with E-state index in [2.05, 4.69) is 92.1 Å². The molecule has 0 aliphatic carbocycles. The molecule has 3 atom stereocenters. The summed E-state index contributed by atoms with van der Waals surface area (Å²) in [6.45, 7) is 4.66. The second kappa shape index (κ2) is 47.7. The lowest BCUT2D eigenvalue weighted by atomic mass is 10.0. The third-order valence-electron chi connectivity index (χ3n) is 11.6. The van der Waals surface area contributed by atoms with Crippen LogP contribution in [0.4, 0.5) is 0 Å². The summed E-state index contributed by atoms with van der Waals surface area (Å²) in [5.74, 6) is -0.220. The number of rotatable bonds is 48. The van der Waals surface area contributed by atoms with Gasteiger partial charge in [-0.1, -0.05) is 221 Å². The Bertz CT molecular complexity index is 1350. The topological polar surface area (TPSA) is 105 Å². The molecule has 0 bridgehead atoms. The summed E-state index contributed by atoms with van der Waals surface area (Å²) in [5.41, 5.74) is 0. The summed E-state index contributed by atoms with van der Waals surface area (Å²) < 4.78 is 23.6. The number of hydrogen-bond donors (Lipinski definition) is 3. The van der Waals surface area contributed by atoms with Gasteiger partial charge in [-0.25, -0.2) is 4.57 Å². The van der Waals surface area contributed by atoms with Crippen LogP contribution < -0.4 is 5.32 Å². The fourth-order valence-corrected chi connectivity index (χ4v) is 8.11. The molecule has 0 aromatic heterocycles. The number of amides is 1. The van der Waals surface area contributed by atoms with Crippen LogP contribution in [0, 0.1) is 0 Å². The monoisotopic (exact) mass is 944 g/mol. The van der Waals surface area contributed by atoms with E-state index in [1.807, 2.05) is 27.2 Å². The molecule has 0 aliphatic heterocycles. The number of unbranched alkanes of at least 4 members (excludes halogenated alkanes) is 23. The average Bonchev–Trinajstić information content (AvgIpc) is 3.28. The van der Waals surface area contributed by atoms with Crippen molar-refractivity contribution in [3.05, 3.63) is 85.1 Å². The number of aliphatic hydroxyl groups is 1. The number of aliphatic hydroxyl groups excluding tert-OH is 1. The molecule has 8 nitrogen and oxygen atoms in total. The highest BCUT2D eigenvalue weighted by Crippen LogP contribution is 2.43. The first-order chi connectivity index (χ1) is 32.0. The Balaban J connectivity index is 4.37. The molecule has 0 aliphatic rings. The molecule has 0 spiro atoms. The van der Waals surface area contributed by atoms with Crippen molar-refractivity contribution in [3.63, 3.8) is 0 Å². The zero-order chi connectivity index (χ0) is 48.5. The van der Waals surface area contributed by atoms with Gasteiger partial charge in [-0.3, -0.25) is 13.8 Å². The van der Waals surface area contributed by atoms with Crippen molar-refractivity contribution < 1.29 is 32.9 Å². The van der Waals surface area contributed by atoms with Crippen LogP contribution in [-0.4, -0.2) is 73.4 Å². The van der Waals surface area contributed by atoms with Gasteiger partial charge in [0.2, 0.25) is 5.91 Å². The van der Waals surface area contributed by atoms with Gasteiger partial charge < -0.3 is 19.8 Å². The summed E-state index contributed by atoms with van der Waals surface area (Å²) in [7, 11) is 1.52. The third kappa shape index (κ3) is 49.6. The Morgan fingerprint density at radius 3 is 1.39 bits per heavy atom. The number of phosphoric acid groups is 1. The van der Waals surface area contributed by atoms with Crippen LogP contribution in [-0.2, 0) is 18.4 Å². The number of nitrogens with zero attached hydrogens (tertiary/aromatic N) is 1. The number of hydrogen-bond acceptors (Lipinski definition) is 5. The maximum Gasteiger partial charge on any atom is 0.472 e. The normalized spacial score (nSPS) is 14.7. The summed E-state index contributed by atoms with van der Waals surface area (Å²) in [4.78, 5) is 23.2. The minimum absolute atomic E-state index is 0.0451. The average molecular weight is 944 g/mol. The van der Waals surface area contributed by atoms with Crippen LogP contribution in [0.2, 0.25) is 0 Å². The van der Waals surface area contributed by atoms with Gasteiger partial charge in [0, 0.05) is 6.42 Å². The molecule has 0 fully saturated rings. The SMILES string of the molecule is CC/C=C\C/C=C\C/C=C\C/C=C\C/C=C\CCCCCC(=O)NC(COP(=O)(O)OCC[N+](C)(C)C)C(O)/C=C/CC/C=C/CCCCCCCCCCCCCCCCCCCCC. The van der Waals surface area contributed by atoms with Gasteiger partial charge in [-0.15, -0.1) is 0 Å². The van der Waals surface area contributed by atoms with Crippen LogP contribution in [0.5, 0.6) is 0 Å². The lowest BCUT2D eigenvalue weighted by molar-refractivity contribution is -0.870. The molecule has 9 heteroatoms. The Labute approximate surface area is 407 Å². The Kier molecular flexibility index (Phi) is 46.1. The van der Waals surface area contributed by atoms with E-state index in [0.29, 0.717) is 23.9 Å². The van der Waals surface area contributed by atoms with Crippen molar-refractivity contribution in [1.29, 1.82) is 0 Å². The molecule has 382 valence electrons. The fraction of sp³-hybridized carbons (Fsp3) is 0.737. The van der Waals surface area contributed by atoms with Crippen molar-refractivity contribution in [2.45, 2.75) is 231 Å². The van der Waals surface area contributed by atoms with Crippen LogP contribution in [0.25, 0.3) is 0 Å². The summed E-state index contributed by atoms with van der Waals surface area (Å²) in [5, 5.41) is 13.9. The minimum Gasteiger partial charge on any atom is -0.387 e. The number of likely N-dealkylation sites (N-methyl/N-ethyl adjacent to an activating group) is 1. The second-order valence-electron chi connectivity index (χ2n) is 19.2. The zero-order valence-corrected chi connectivity index (χ0v) is 44.3. The minimum atomic E-state index is -4.37. The van der Waals surface area contributed by atoms with Gasteiger partial charge >= 0.3 is 7.82 Å². The van der Waals surface area contributed by atoms with E-state index in [1.165, 1.54) is 122 Å². The molecular weight excluding hydrogens is 840 g/mol. The van der Waals surface area contributed by atoms with Gasteiger partial charge in [0.25, 0.3) is 0 Å². The number of carbonyl (C=O) groups is 1. The van der Waals surface area contributed by atoms with Gasteiger partial charge in [0.1, 0.15) is 13.2 Å². The van der Waals surface area contributed by atoms with Crippen LogP contribution in [0.1, 0.15) is 219 Å². The molecule has 0 aromatic rings. The lowest BCUT2D eigenvalue weighted by Gasteiger charge is -2.25. The fourth-order valence-electron chi connectivity index (χ4n) is 7.38. The maximum absolute atomic E-state index is 12.9. The van der Waals surface area contributed by atoms with Gasteiger partial charge in [-0.2, -0.15) is 0 Å². The number of nitrogens with one attached hydrogen (secondary N) is 1. The molecule has 0 aromatic carbocycles. The van der Waals surface area contributed by atoms with E-state index in [4.69, 9.17) is 9.05 Å². The van der Waals surface area contributed by atoms with Crippen molar-refractivity contribution in [2.75, 3.05) is 40.9 Å². The highest BCUT2D eigenvalue weighted by atomic mass is 31.2. The van der Waals surface area contributed by atoms with E-state index in [-0.39, 0.29) is 19.1 Å². The first-order valence-electron chi connectivity index (χ1n) is 27.0. The molecule has 66 heavy (non-hydrogen) atoms. The molecular formula is C57H104N2O6P+. The van der Waals surface area contributed by atoms with Crippen molar-refractivity contribution >= 4 is 13.7 Å². The first kappa shape index (κ1) is 63.7. The van der Waals surface area contributed by atoms with Crippen LogP contribution >= 0.6 is 7.82 Å². The van der Waals surface area contributed by atoms with E-state index in [0.717, 1.165) is 70.6 Å². The molecule has 0 rings (SSSR count). The van der Waals surface area contributed by atoms with Crippen molar-refractivity contribution in [2.24, 2.45) is 0 Å². The quantitative estimate of drug-likeness (QED) is 0.0243. The van der Waals surface area contributed by atoms with Gasteiger partial charge in [0.05, 0.1) is 39.9 Å². The third-order valence-corrected chi connectivity index (χ3v) is 12.6. The van der Waals surface area contributed by atoms with E-state index in [9.17, 15) is 19.4 Å². The first-order valence-corrected chi connectivity index (χ1v) is 28.5.